The first-order valence-electron chi connectivity index (χ1n) is 4.78. The number of aldehydes is 1. The highest BCUT2D eigenvalue weighted by Crippen LogP contribution is 2.18. The highest BCUT2D eigenvalue weighted by molar-refractivity contribution is 6.32. The van der Waals surface area contributed by atoms with E-state index in [2.05, 4.69) is 5.32 Å². The fourth-order valence-electron chi connectivity index (χ4n) is 1.55. The minimum absolute atomic E-state index is 0.321. The van der Waals surface area contributed by atoms with Gasteiger partial charge in [0, 0.05) is 18.0 Å². The van der Waals surface area contributed by atoms with Gasteiger partial charge in [-0.25, -0.2) is 0 Å². The maximum atomic E-state index is 12.8. The van der Waals surface area contributed by atoms with Crippen LogP contribution in [0.1, 0.15) is 21.8 Å². The number of carbonyl (C=O) groups is 1. The number of carbonyl (C=O) groups excluding carboxylic acids is 1. The fraction of sp³-hybridized carbons (Fsp3) is 0.364. The van der Waals surface area contributed by atoms with Gasteiger partial charge in [-0.3, -0.25) is 9.18 Å². The molecule has 0 saturated carbocycles. The second-order valence-corrected chi connectivity index (χ2v) is 3.42. The third kappa shape index (κ3) is 2.89. The van der Waals surface area contributed by atoms with Crippen LogP contribution in [0.5, 0.6) is 0 Å². The smallest absolute Gasteiger partial charge is 0.150 e. The maximum absolute atomic E-state index is 12.8. The van der Waals surface area contributed by atoms with Crippen LogP contribution in [0.15, 0.2) is 18.2 Å². The summed E-state index contributed by atoms with van der Waals surface area (Å²) in [6, 6.07) is 4.92. The van der Waals surface area contributed by atoms with E-state index in [1.165, 1.54) is 0 Å². The Kier molecular flexibility index (Phi) is 4.50. The highest BCUT2D eigenvalue weighted by Gasteiger charge is 2.14. The van der Waals surface area contributed by atoms with Crippen molar-refractivity contribution < 1.29 is 9.18 Å². The van der Waals surface area contributed by atoms with Crippen LogP contribution in [0.3, 0.4) is 0 Å². The summed E-state index contributed by atoms with van der Waals surface area (Å²) >= 11 is 0. The molecule has 0 spiro atoms. The molecular weight excluding hydrogens is 192 g/mol. The summed E-state index contributed by atoms with van der Waals surface area (Å²) < 4.78 is 12.8. The zero-order valence-electron chi connectivity index (χ0n) is 8.66. The van der Waals surface area contributed by atoms with Crippen LogP contribution in [0.4, 0.5) is 4.39 Å². The Morgan fingerprint density at radius 3 is 2.87 bits per heavy atom. The van der Waals surface area contributed by atoms with E-state index < -0.39 is 6.67 Å². The van der Waals surface area contributed by atoms with Gasteiger partial charge in [0.2, 0.25) is 0 Å². The van der Waals surface area contributed by atoms with Gasteiger partial charge >= 0.3 is 0 Å². The molecule has 2 nitrogen and oxygen atoms in total. The quantitative estimate of drug-likeness (QED) is 0.562. The van der Waals surface area contributed by atoms with Gasteiger partial charge < -0.3 is 5.32 Å². The van der Waals surface area contributed by atoms with E-state index >= 15 is 0 Å². The van der Waals surface area contributed by atoms with Crippen molar-refractivity contribution in [2.75, 3.05) is 20.3 Å². The van der Waals surface area contributed by atoms with Crippen LogP contribution >= 0.6 is 0 Å². The number of benzene rings is 1. The lowest BCUT2D eigenvalue weighted by atomic mass is 9.87. The summed E-state index contributed by atoms with van der Waals surface area (Å²) in [6.07, 6.45) is 0.729. The normalized spacial score (nSPS) is 12.4. The standard InChI is InChI=1S/C11H13BFNO/c1-14-6-9(5-13)11-4-10(12)3-2-8(11)7-15/h2-4,7,9,14H,5-6H2,1H3. The van der Waals surface area contributed by atoms with Gasteiger partial charge in [0.1, 0.15) is 14.1 Å². The Balaban J connectivity index is 3.07. The summed E-state index contributed by atoms with van der Waals surface area (Å²) in [5, 5.41) is 2.89. The van der Waals surface area contributed by atoms with Gasteiger partial charge in [-0.15, -0.1) is 0 Å². The number of hydrogen-bond acceptors (Lipinski definition) is 2. The Labute approximate surface area is 90.3 Å². The topological polar surface area (TPSA) is 29.1 Å². The molecule has 1 unspecified atom stereocenters. The summed E-state index contributed by atoms with van der Waals surface area (Å²) in [7, 11) is 7.36. The molecule has 1 aromatic carbocycles. The lowest BCUT2D eigenvalue weighted by molar-refractivity contribution is 0.112. The van der Waals surface area contributed by atoms with Crippen LogP contribution in [0, 0.1) is 0 Å². The summed E-state index contributed by atoms with van der Waals surface area (Å²) in [6.45, 7) is -0.0219. The Morgan fingerprint density at radius 2 is 2.33 bits per heavy atom. The van der Waals surface area contributed by atoms with Crippen molar-refractivity contribution in [3.05, 3.63) is 29.3 Å². The molecule has 0 aliphatic rings. The summed E-state index contributed by atoms with van der Waals surface area (Å²) in [5.41, 5.74) is 1.72. The minimum Gasteiger partial charge on any atom is -0.319 e. The van der Waals surface area contributed by atoms with Crippen LogP contribution in [-0.4, -0.2) is 34.4 Å². The summed E-state index contributed by atoms with van der Waals surface area (Å²) in [5.74, 6) is -0.321. The lowest BCUT2D eigenvalue weighted by Gasteiger charge is -2.15. The molecule has 0 heterocycles. The van der Waals surface area contributed by atoms with E-state index in [0.717, 1.165) is 6.29 Å². The van der Waals surface area contributed by atoms with Crippen molar-refractivity contribution in [2.24, 2.45) is 0 Å². The molecule has 0 saturated heterocycles. The average Bonchev–Trinajstić information content (AvgIpc) is 2.26. The van der Waals surface area contributed by atoms with E-state index in [1.807, 2.05) is 0 Å². The fourth-order valence-corrected chi connectivity index (χ4v) is 1.55. The molecule has 2 radical (unpaired) electrons. The van der Waals surface area contributed by atoms with Crippen molar-refractivity contribution in [3.63, 3.8) is 0 Å². The largest absolute Gasteiger partial charge is 0.319 e. The molecule has 0 aromatic heterocycles. The first-order chi connectivity index (χ1) is 7.22. The first-order valence-corrected chi connectivity index (χ1v) is 4.78. The predicted molar refractivity (Wildman–Crippen MR) is 59.9 cm³/mol. The second-order valence-electron chi connectivity index (χ2n) is 3.42. The van der Waals surface area contributed by atoms with Crippen LogP contribution in [-0.2, 0) is 0 Å². The third-order valence-electron chi connectivity index (χ3n) is 2.31. The first kappa shape index (κ1) is 11.9. The van der Waals surface area contributed by atoms with Crippen LogP contribution in [0.25, 0.3) is 0 Å². The molecule has 1 atom stereocenters. The van der Waals surface area contributed by atoms with Gasteiger partial charge in [0.05, 0.1) is 6.67 Å². The van der Waals surface area contributed by atoms with E-state index in [1.54, 1.807) is 25.2 Å². The zero-order chi connectivity index (χ0) is 11.3. The molecule has 1 rings (SSSR count). The van der Waals surface area contributed by atoms with Crippen molar-refractivity contribution in [1.29, 1.82) is 0 Å². The monoisotopic (exact) mass is 205 g/mol. The van der Waals surface area contributed by atoms with E-state index in [0.29, 0.717) is 23.1 Å². The van der Waals surface area contributed by atoms with Gasteiger partial charge in [0.25, 0.3) is 0 Å². The van der Waals surface area contributed by atoms with E-state index in [9.17, 15) is 9.18 Å². The average molecular weight is 205 g/mol. The molecule has 1 N–H and O–H groups in total. The number of hydrogen-bond donors (Lipinski definition) is 1. The van der Waals surface area contributed by atoms with Gasteiger partial charge in [-0.05, 0) is 12.6 Å². The molecular formula is C11H13BFNO. The minimum atomic E-state index is -0.509. The molecule has 1 aromatic rings. The van der Waals surface area contributed by atoms with E-state index in [4.69, 9.17) is 7.85 Å². The van der Waals surface area contributed by atoms with Gasteiger partial charge in [0.15, 0.2) is 0 Å². The van der Waals surface area contributed by atoms with Crippen molar-refractivity contribution >= 4 is 19.6 Å². The van der Waals surface area contributed by atoms with Gasteiger partial charge in [-0.1, -0.05) is 23.7 Å². The Bertz CT molecular complexity index is 343. The highest BCUT2D eigenvalue weighted by atomic mass is 19.1. The van der Waals surface area contributed by atoms with Gasteiger partial charge in [-0.2, -0.15) is 0 Å². The van der Waals surface area contributed by atoms with Crippen molar-refractivity contribution in [3.8, 4) is 0 Å². The molecule has 0 aliphatic heterocycles. The summed E-state index contributed by atoms with van der Waals surface area (Å²) in [4.78, 5) is 10.8. The lowest BCUT2D eigenvalue weighted by Crippen LogP contribution is -2.21. The zero-order valence-corrected chi connectivity index (χ0v) is 8.66. The Hall–Kier alpha value is -1.16. The second kappa shape index (κ2) is 5.66. The third-order valence-corrected chi connectivity index (χ3v) is 2.31. The number of halogens is 1. The molecule has 4 heteroatoms. The number of rotatable bonds is 5. The number of alkyl halides is 1. The van der Waals surface area contributed by atoms with Crippen molar-refractivity contribution in [2.45, 2.75) is 5.92 Å². The number of likely N-dealkylation sites (N-methyl/N-ethyl adjacent to an activating group) is 1. The van der Waals surface area contributed by atoms with E-state index in [-0.39, 0.29) is 5.92 Å². The molecule has 78 valence electrons. The predicted octanol–water partition coefficient (Wildman–Crippen LogP) is 0.565. The van der Waals surface area contributed by atoms with Crippen LogP contribution < -0.4 is 10.8 Å². The Morgan fingerprint density at radius 1 is 1.60 bits per heavy atom. The molecule has 0 fully saturated rings. The van der Waals surface area contributed by atoms with Crippen molar-refractivity contribution in [1.82, 2.24) is 5.32 Å². The molecule has 0 bridgehead atoms. The molecule has 0 aliphatic carbocycles. The maximum Gasteiger partial charge on any atom is 0.150 e. The number of nitrogens with one attached hydrogen (secondary N) is 1. The van der Waals surface area contributed by atoms with Crippen LogP contribution in [0.2, 0.25) is 0 Å². The molecule has 15 heavy (non-hydrogen) atoms. The molecule has 0 amide bonds. The SMILES string of the molecule is [B]c1ccc(C=O)c(C(CF)CNC)c1.